The van der Waals surface area contributed by atoms with Crippen LogP contribution in [0.1, 0.15) is 85.0 Å². The number of hydrogen-bond acceptors (Lipinski definition) is 2. The molecule has 0 aromatic carbocycles. The Balaban J connectivity index is 1.98. The molecule has 2 aliphatic carbocycles. The molecular weight excluding hydrogens is 324 g/mol. The molecule has 144 valence electrons. The third-order valence-corrected chi connectivity index (χ3v) is 11.2. The van der Waals surface area contributed by atoms with Gasteiger partial charge in [0, 0.05) is 12.8 Å². The maximum atomic E-state index is 11.7. The third kappa shape index (κ3) is 6.67. The predicted molar refractivity (Wildman–Crippen MR) is 109 cm³/mol. The van der Waals surface area contributed by atoms with Gasteiger partial charge in [0.15, 0.2) is 8.32 Å². The van der Waals surface area contributed by atoms with Crippen LogP contribution in [0.3, 0.4) is 0 Å². The molecule has 0 aromatic heterocycles. The summed E-state index contributed by atoms with van der Waals surface area (Å²) < 4.78 is 6.75. The molecule has 2 fully saturated rings. The molecule has 0 aliphatic heterocycles. The second-order valence-corrected chi connectivity index (χ2v) is 14.7. The van der Waals surface area contributed by atoms with Crippen LogP contribution < -0.4 is 0 Å². The molecular formula is C22H40O2Si. The van der Waals surface area contributed by atoms with Crippen molar-refractivity contribution in [1.29, 1.82) is 0 Å². The molecule has 0 spiro atoms. The fourth-order valence-electron chi connectivity index (χ4n) is 3.95. The minimum atomic E-state index is -1.76. The van der Waals surface area contributed by atoms with Gasteiger partial charge in [-0.25, -0.2) is 0 Å². The number of carbonyl (C=O) groups is 1. The molecule has 0 aromatic rings. The lowest BCUT2D eigenvalue weighted by molar-refractivity contribution is -0.121. The second kappa shape index (κ2) is 8.99. The summed E-state index contributed by atoms with van der Waals surface area (Å²) in [6, 6.07) is 0. The molecule has 2 unspecified atom stereocenters. The molecule has 2 atom stereocenters. The molecule has 0 N–H and O–H groups in total. The van der Waals surface area contributed by atoms with Gasteiger partial charge in [-0.3, -0.25) is 4.79 Å². The SMILES string of the molecule is CC(C)(C)[Si](C)(C)OC(C=CC1CCCC(=O)C1)CCC1CCCC1. The largest absolute Gasteiger partial charge is 0.411 e. The van der Waals surface area contributed by atoms with Gasteiger partial charge in [-0.2, -0.15) is 0 Å². The van der Waals surface area contributed by atoms with Crippen LogP contribution in [0.4, 0.5) is 0 Å². The molecule has 3 heteroatoms. The number of carbonyl (C=O) groups excluding carboxylic acids is 1. The summed E-state index contributed by atoms with van der Waals surface area (Å²) in [6.45, 7) is 11.7. The van der Waals surface area contributed by atoms with Crippen LogP contribution in [-0.4, -0.2) is 20.2 Å². The van der Waals surface area contributed by atoms with Crippen LogP contribution in [-0.2, 0) is 9.22 Å². The van der Waals surface area contributed by atoms with Gasteiger partial charge < -0.3 is 4.43 Å². The Morgan fingerprint density at radius 2 is 1.84 bits per heavy atom. The minimum Gasteiger partial charge on any atom is -0.411 e. The average molecular weight is 365 g/mol. The summed E-state index contributed by atoms with van der Waals surface area (Å²) in [5, 5.41) is 0.243. The van der Waals surface area contributed by atoms with Crippen LogP contribution in [0.25, 0.3) is 0 Å². The highest BCUT2D eigenvalue weighted by molar-refractivity contribution is 6.74. The number of hydrogen-bond donors (Lipinski definition) is 0. The van der Waals surface area contributed by atoms with Crippen molar-refractivity contribution in [3.05, 3.63) is 12.2 Å². The lowest BCUT2D eigenvalue weighted by atomic mass is 9.87. The third-order valence-electron chi connectivity index (χ3n) is 6.70. The number of ketones is 1. The van der Waals surface area contributed by atoms with Gasteiger partial charge in [0.25, 0.3) is 0 Å². The molecule has 0 saturated heterocycles. The lowest BCUT2D eigenvalue weighted by Gasteiger charge is -2.39. The quantitative estimate of drug-likeness (QED) is 0.373. The van der Waals surface area contributed by atoms with Crippen molar-refractivity contribution in [2.45, 2.75) is 109 Å². The molecule has 0 radical (unpaired) electrons. The molecule has 2 rings (SSSR count). The zero-order valence-corrected chi connectivity index (χ0v) is 18.3. The summed E-state index contributed by atoms with van der Waals surface area (Å²) in [7, 11) is -1.76. The summed E-state index contributed by atoms with van der Waals surface area (Å²) in [4.78, 5) is 11.7. The summed E-state index contributed by atoms with van der Waals surface area (Å²) in [5.74, 6) is 1.79. The maximum absolute atomic E-state index is 11.7. The normalized spacial score (nSPS) is 25.0. The Morgan fingerprint density at radius 1 is 1.16 bits per heavy atom. The Hall–Kier alpha value is -0.413. The summed E-state index contributed by atoms with van der Waals surface area (Å²) in [5.41, 5.74) is 0. The Kier molecular flexibility index (Phi) is 7.51. The van der Waals surface area contributed by atoms with E-state index in [-0.39, 0.29) is 11.1 Å². The van der Waals surface area contributed by atoms with Crippen LogP contribution in [0.15, 0.2) is 12.2 Å². The number of rotatable bonds is 7. The minimum absolute atomic E-state index is 0.235. The van der Waals surface area contributed by atoms with Gasteiger partial charge in [0.05, 0.1) is 6.10 Å². The highest BCUT2D eigenvalue weighted by Gasteiger charge is 2.38. The average Bonchev–Trinajstić information content (AvgIpc) is 3.02. The fraction of sp³-hybridized carbons (Fsp3) is 0.864. The smallest absolute Gasteiger partial charge is 0.192 e. The number of Topliss-reactive ketones (excluding diaryl/α,β-unsaturated/α-hetero) is 1. The summed E-state index contributed by atoms with van der Waals surface area (Å²) in [6.07, 6.45) is 16.7. The Labute approximate surface area is 156 Å². The van der Waals surface area contributed by atoms with Crippen molar-refractivity contribution >= 4 is 14.1 Å². The molecule has 25 heavy (non-hydrogen) atoms. The fourth-order valence-corrected chi connectivity index (χ4v) is 5.26. The van der Waals surface area contributed by atoms with Crippen LogP contribution in [0.5, 0.6) is 0 Å². The van der Waals surface area contributed by atoms with Crippen LogP contribution in [0, 0.1) is 11.8 Å². The van der Waals surface area contributed by atoms with E-state index >= 15 is 0 Å². The van der Waals surface area contributed by atoms with E-state index in [4.69, 9.17) is 4.43 Å². The monoisotopic (exact) mass is 364 g/mol. The molecule has 2 nitrogen and oxygen atoms in total. The van der Waals surface area contributed by atoms with Crippen LogP contribution in [0.2, 0.25) is 18.1 Å². The van der Waals surface area contributed by atoms with Gasteiger partial charge in [-0.05, 0) is 55.7 Å². The lowest BCUT2D eigenvalue weighted by Crippen LogP contribution is -2.43. The zero-order valence-electron chi connectivity index (χ0n) is 17.3. The van der Waals surface area contributed by atoms with E-state index in [9.17, 15) is 4.79 Å². The van der Waals surface area contributed by atoms with Crippen molar-refractivity contribution in [2.24, 2.45) is 11.8 Å². The number of allylic oxidation sites excluding steroid dienone is 1. The highest BCUT2D eigenvalue weighted by Crippen LogP contribution is 2.38. The first-order chi connectivity index (χ1) is 11.7. The maximum Gasteiger partial charge on any atom is 0.192 e. The first-order valence-corrected chi connectivity index (χ1v) is 13.5. The van der Waals surface area contributed by atoms with Gasteiger partial charge in [0.2, 0.25) is 0 Å². The van der Waals surface area contributed by atoms with Gasteiger partial charge in [-0.15, -0.1) is 0 Å². The van der Waals surface area contributed by atoms with E-state index in [1.807, 2.05) is 0 Å². The van der Waals surface area contributed by atoms with E-state index in [1.54, 1.807) is 0 Å². The Morgan fingerprint density at radius 3 is 2.44 bits per heavy atom. The van der Waals surface area contributed by atoms with Gasteiger partial charge in [-0.1, -0.05) is 58.6 Å². The van der Waals surface area contributed by atoms with E-state index in [0.29, 0.717) is 11.7 Å². The molecule has 2 saturated carbocycles. The molecule has 0 amide bonds. The first-order valence-electron chi connectivity index (χ1n) is 10.6. The van der Waals surface area contributed by atoms with Crippen molar-refractivity contribution in [3.8, 4) is 0 Å². The Bertz CT molecular complexity index is 455. The second-order valence-electron chi connectivity index (χ2n) is 9.92. The van der Waals surface area contributed by atoms with Gasteiger partial charge in [0.1, 0.15) is 5.78 Å². The topological polar surface area (TPSA) is 26.3 Å². The van der Waals surface area contributed by atoms with Gasteiger partial charge >= 0.3 is 0 Å². The first kappa shape index (κ1) is 20.9. The van der Waals surface area contributed by atoms with Crippen LogP contribution >= 0.6 is 0 Å². The van der Waals surface area contributed by atoms with E-state index in [2.05, 4.69) is 46.0 Å². The zero-order chi connectivity index (χ0) is 18.5. The standard InChI is InChI=1S/C22H40O2Si/c1-22(2,3)25(4,5)24-21(15-13-18-9-6-7-10-18)16-14-19-11-8-12-20(23)17-19/h14,16,18-19,21H,6-13,15,17H2,1-5H3. The molecule has 0 heterocycles. The molecule has 0 bridgehead atoms. The van der Waals surface area contributed by atoms with E-state index in [1.165, 1.54) is 32.1 Å². The highest BCUT2D eigenvalue weighted by atomic mass is 28.4. The van der Waals surface area contributed by atoms with E-state index < -0.39 is 8.32 Å². The molecule has 2 aliphatic rings. The van der Waals surface area contributed by atoms with Crippen molar-refractivity contribution < 1.29 is 9.22 Å². The summed E-state index contributed by atoms with van der Waals surface area (Å²) >= 11 is 0. The van der Waals surface area contributed by atoms with Crippen molar-refractivity contribution in [2.75, 3.05) is 0 Å². The predicted octanol–water partition coefficient (Wildman–Crippen LogP) is 6.66. The van der Waals surface area contributed by atoms with Crippen molar-refractivity contribution in [3.63, 3.8) is 0 Å². The van der Waals surface area contributed by atoms with E-state index in [0.717, 1.165) is 38.0 Å². The van der Waals surface area contributed by atoms with Crippen molar-refractivity contribution in [1.82, 2.24) is 0 Å².